The third-order valence-electron chi connectivity index (χ3n) is 5.56. The Kier molecular flexibility index (Phi) is 4.92. The Hall–Kier alpha value is -1.98. The summed E-state index contributed by atoms with van der Waals surface area (Å²) < 4.78 is 6.26. The fourth-order valence-electron chi connectivity index (χ4n) is 4.38. The van der Waals surface area contributed by atoms with Crippen LogP contribution in [0.5, 0.6) is 0 Å². The molecule has 0 bridgehead atoms. The lowest BCUT2D eigenvalue weighted by atomic mass is 9.87. The van der Waals surface area contributed by atoms with Gasteiger partial charge in [0.2, 0.25) is 5.95 Å². The van der Waals surface area contributed by atoms with Crippen LogP contribution in [0.2, 0.25) is 0 Å². The monoisotopic (exact) mass is 352 g/mol. The van der Waals surface area contributed by atoms with Crippen molar-refractivity contribution in [3.8, 4) is 0 Å². The van der Waals surface area contributed by atoms with E-state index in [4.69, 9.17) is 4.74 Å². The Labute approximate surface area is 155 Å². The summed E-state index contributed by atoms with van der Waals surface area (Å²) >= 11 is 0. The van der Waals surface area contributed by atoms with Gasteiger partial charge in [-0.15, -0.1) is 0 Å². The highest BCUT2D eigenvalue weighted by Crippen LogP contribution is 2.37. The molecule has 2 aromatic rings. The first-order chi connectivity index (χ1) is 12.6. The second-order valence-electron chi connectivity index (χ2n) is 7.88. The van der Waals surface area contributed by atoms with Crippen molar-refractivity contribution in [1.29, 1.82) is 0 Å². The van der Waals surface area contributed by atoms with Crippen molar-refractivity contribution in [2.24, 2.45) is 0 Å². The van der Waals surface area contributed by atoms with Crippen LogP contribution < -0.4 is 5.32 Å². The Bertz CT molecular complexity index is 721. The van der Waals surface area contributed by atoms with Crippen LogP contribution in [0.25, 0.3) is 0 Å². The average Bonchev–Trinajstić information content (AvgIpc) is 3.00. The third kappa shape index (κ3) is 4.05. The molecule has 26 heavy (non-hydrogen) atoms. The fourth-order valence-corrected chi connectivity index (χ4v) is 4.38. The smallest absolute Gasteiger partial charge is 0.222 e. The Morgan fingerprint density at radius 2 is 1.81 bits per heavy atom. The SMILES string of the molecule is Cc1cc(C)cc(CN2CCC3(CC2)CC(Nc2ncccn2)CO3)c1. The van der Waals surface area contributed by atoms with Gasteiger partial charge in [0, 0.05) is 32.0 Å². The van der Waals surface area contributed by atoms with Crippen LogP contribution in [0, 0.1) is 13.8 Å². The Morgan fingerprint density at radius 3 is 2.50 bits per heavy atom. The number of aryl methyl sites for hydroxylation is 2. The predicted octanol–water partition coefficient (Wildman–Crippen LogP) is 3.33. The lowest BCUT2D eigenvalue weighted by Gasteiger charge is -2.38. The van der Waals surface area contributed by atoms with Crippen molar-refractivity contribution < 1.29 is 4.74 Å². The molecule has 2 aliphatic heterocycles. The molecule has 5 heteroatoms. The summed E-state index contributed by atoms with van der Waals surface area (Å²) in [7, 11) is 0. The van der Waals surface area contributed by atoms with Crippen LogP contribution in [0.1, 0.15) is 36.0 Å². The molecule has 1 aromatic carbocycles. The van der Waals surface area contributed by atoms with Gasteiger partial charge in [-0.05, 0) is 44.7 Å². The molecular weight excluding hydrogens is 324 g/mol. The summed E-state index contributed by atoms with van der Waals surface area (Å²) in [4.78, 5) is 11.1. The van der Waals surface area contributed by atoms with E-state index in [2.05, 4.69) is 52.2 Å². The molecule has 2 aliphatic rings. The first kappa shape index (κ1) is 17.4. The van der Waals surface area contributed by atoms with E-state index in [0.717, 1.165) is 45.5 Å². The largest absolute Gasteiger partial charge is 0.373 e. The van der Waals surface area contributed by atoms with Gasteiger partial charge in [-0.25, -0.2) is 9.97 Å². The molecule has 0 saturated carbocycles. The lowest BCUT2D eigenvalue weighted by Crippen LogP contribution is -2.44. The number of hydrogen-bond donors (Lipinski definition) is 1. The van der Waals surface area contributed by atoms with Gasteiger partial charge in [-0.1, -0.05) is 29.3 Å². The maximum Gasteiger partial charge on any atom is 0.222 e. The molecule has 4 rings (SSSR count). The van der Waals surface area contributed by atoms with Gasteiger partial charge in [-0.3, -0.25) is 4.90 Å². The highest BCUT2D eigenvalue weighted by molar-refractivity contribution is 5.28. The van der Waals surface area contributed by atoms with Crippen molar-refractivity contribution >= 4 is 5.95 Å². The van der Waals surface area contributed by atoms with Crippen molar-refractivity contribution in [1.82, 2.24) is 14.9 Å². The van der Waals surface area contributed by atoms with E-state index < -0.39 is 0 Å². The lowest BCUT2D eigenvalue weighted by molar-refractivity contribution is -0.0448. The standard InChI is InChI=1S/C21H28N4O/c1-16-10-17(2)12-18(11-16)14-25-8-4-21(5-9-25)13-19(15-26-21)24-20-22-6-3-7-23-20/h3,6-7,10-12,19H,4-5,8-9,13-15H2,1-2H3,(H,22,23,24). The molecule has 3 heterocycles. The van der Waals surface area contributed by atoms with E-state index in [1.807, 2.05) is 6.07 Å². The molecular formula is C21H28N4O. The van der Waals surface area contributed by atoms with Gasteiger partial charge in [0.25, 0.3) is 0 Å². The van der Waals surface area contributed by atoms with Crippen molar-refractivity contribution in [2.45, 2.75) is 51.3 Å². The summed E-state index contributed by atoms with van der Waals surface area (Å²) in [5.74, 6) is 0.699. The van der Waals surface area contributed by atoms with E-state index in [1.165, 1.54) is 16.7 Å². The van der Waals surface area contributed by atoms with Crippen LogP contribution >= 0.6 is 0 Å². The molecule has 1 aromatic heterocycles. The topological polar surface area (TPSA) is 50.3 Å². The maximum atomic E-state index is 6.26. The molecule has 1 spiro atoms. The number of benzene rings is 1. The predicted molar refractivity (Wildman–Crippen MR) is 103 cm³/mol. The summed E-state index contributed by atoms with van der Waals surface area (Å²) in [6, 6.07) is 9.00. The molecule has 2 saturated heterocycles. The molecule has 5 nitrogen and oxygen atoms in total. The number of rotatable bonds is 4. The number of nitrogens with zero attached hydrogens (tertiary/aromatic N) is 3. The van der Waals surface area contributed by atoms with Gasteiger partial charge in [0.1, 0.15) is 0 Å². The van der Waals surface area contributed by atoms with Gasteiger partial charge in [0.15, 0.2) is 0 Å². The summed E-state index contributed by atoms with van der Waals surface area (Å²) in [6.07, 6.45) is 6.79. The van der Waals surface area contributed by atoms with Crippen molar-refractivity contribution in [2.75, 3.05) is 25.0 Å². The highest BCUT2D eigenvalue weighted by atomic mass is 16.5. The number of hydrogen-bond acceptors (Lipinski definition) is 5. The summed E-state index contributed by atoms with van der Waals surface area (Å²) in [5.41, 5.74) is 4.16. The number of likely N-dealkylation sites (tertiary alicyclic amines) is 1. The number of nitrogens with one attached hydrogen (secondary N) is 1. The second kappa shape index (κ2) is 7.33. The zero-order valence-corrected chi connectivity index (χ0v) is 15.7. The summed E-state index contributed by atoms with van der Waals surface area (Å²) in [6.45, 7) is 8.34. The molecule has 138 valence electrons. The quantitative estimate of drug-likeness (QED) is 0.915. The van der Waals surface area contributed by atoms with Crippen LogP contribution in [0.4, 0.5) is 5.95 Å². The number of aromatic nitrogens is 2. The minimum atomic E-state index is 0.0332. The molecule has 1 unspecified atom stereocenters. The van der Waals surface area contributed by atoms with Gasteiger partial charge in [-0.2, -0.15) is 0 Å². The molecule has 0 radical (unpaired) electrons. The third-order valence-corrected chi connectivity index (χ3v) is 5.56. The maximum absolute atomic E-state index is 6.26. The van der Waals surface area contributed by atoms with Crippen LogP contribution in [0.15, 0.2) is 36.7 Å². The van der Waals surface area contributed by atoms with Gasteiger partial charge >= 0.3 is 0 Å². The van der Waals surface area contributed by atoms with Crippen molar-refractivity contribution in [3.05, 3.63) is 53.3 Å². The van der Waals surface area contributed by atoms with Gasteiger partial charge < -0.3 is 10.1 Å². The fraction of sp³-hybridized carbons (Fsp3) is 0.524. The van der Waals surface area contributed by atoms with Crippen LogP contribution in [-0.4, -0.2) is 46.2 Å². The number of piperidine rings is 1. The Balaban J connectivity index is 1.30. The van der Waals surface area contributed by atoms with Crippen LogP contribution in [0.3, 0.4) is 0 Å². The molecule has 1 N–H and O–H groups in total. The van der Waals surface area contributed by atoms with E-state index in [-0.39, 0.29) is 5.60 Å². The molecule has 0 aliphatic carbocycles. The van der Waals surface area contributed by atoms with E-state index in [0.29, 0.717) is 12.0 Å². The zero-order valence-electron chi connectivity index (χ0n) is 15.7. The normalized spacial score (nSPS) is 22.6. The highest BCUT2D eigenvalue weighted by Gasteiger charge is 2.42. The average molecular weight is 352 g/mol. The first-order valence-corrected chi connectivity index (χ1v) is 9.57. The van der Waals surface area contributed by atoms with E-state index in [1.54, 1.807) is 12.4 Å². The summed E-state index contributed by atoms with van der Waals surface area (Å²) in [5, 5.41) is 3.42. The first-order valence-electron chi connectivity index (χ1n) is 9.57. The van der Waals surface area contributed by atoms with E-state index in [9.17, 15) is 0 Å². The minimum absolute atomic E-state index is 0.0332. The second-order valence-corrected chi connectivity index (χ2v) is 7.88. The van der Waals surface area contributed by atoms with E-state index >= 15 is 0 Å². The molecule has 1 atom stereocenters. The van der Waals surface area contributed by atoms with Crippen LogP contribution in [-0.2, 0) is 11.3 Å². The molecule has 0 amide bonds. The Morgan fingerprint density at radius 1 is 1.12 bits per heavy atom. The van der Waals surface area contributed by atoms with Gasteiger partial charge in [0.05, 0.1) is 18.2 Å². The number of anilines is 1. The minimum Gasteiger partial charge on any atom is -0.373 e. The number of ether oxygens (including phenoxy) is 1. The molecule has 2 fully saturated rings. The zero-order chi connectivity index (χ0) is 18.0. The van der Waals surface area contributed by atoms with Crippen molar-refractivity contribution in [3.63, 3.8) is 0 Å².